The Morgan fingerprint density at radius 2 is 2.04 bits per heavy atom. The lowest BCUT2D eigenvalue weighted by Gasteiger charge is -2.26. The van der Waals surface area contributed by atoms with Crippen molar-refractivity contribution in [3.63, 3.8) is 0 Å². The molecule has 1 unspecified atom stereocenters. The summed E-state index contributed by atoms with van der Waals surface area (Å²) in [6.07, 6.45) is 2.79. The first-order valence-electron chi connectivity index (χ1n) is 8.69. The second-order valence-electron chi connectivity index (χ2n) is 6.53. The topological polar surface area (TPSA) is 53.6 Å². The third-order valence-electron chi connectivity index (χ3n) is 4.69. The molecule has 3 rings (SSSR count). The van der Waals surface area contributed by atoms with E-state index in [4.69, 9.17) is 4.74 Å². The van der Waals surface area contributed by atoms with Crippen molar-refractivity contribution in [3.8, 4) is 0 Å². The smallest absolute Gasteiger partial charge is 0.224 e. The maximum absolute atomic E-state index is 12.0. The van der Waals surface area contributed by atoms with Gasteiger partial charge in [0.15, 0.2) is 0 Å². The Labute approximate surface area is 138 Å². The summed E-state index contributed by atoms with van der Waals surface area (Å²) in [7, 11) is 0. The molecule has 0 saturated carbocycles. The van der Waals surface area contributed by atoms with Crippen LogP contribution in [-0.2, 0) is 16.1 Å². The van der Waals surface area contributed by atoms with E-state index in [9.17, 15) is 4.79 Å². The minimum atomic E-state index is 0.123. The molecule has 5 heteroatoms. The number of rotatable bonds is 6. The summed E-state index contributed by atoms with van der Waals surface area (Å²) < 4.78 is 5.37. The fourth-order valence-electron chi connectivity index (χ4n) is 3.23. The first-order valence-corrected chi connectivity index (χ1v) is 8.69. The highest BCUT2D eigenvalue weighted by molar-refractivity contribution is 5.90. The molecule has 2 aliphatic rings. The van der Waals surface area contributed by atoms with Crippen molar-refractivity contribution in [1.29, 1.82) is 0 Å². The summed E-state index contributed by atoms with van der Waals surface area (Å²) in [5, 5.41) is 6.35. The molecule has 1 amide bonds. The molecule has 0 radical (unpaired) electrons. The minimum absolute atomic E-state index is 0.123. The van der Waals surface area contributed by atoms with E-state index in [1.54, 1.807) is 0 Å². The highest BCUT2D eigenvalue weighted by atomic mass is 16.5. The van der Waals surface area contributed by atoms with E-state index in [1.807, 2.05) is 12.1 Å². The molecular formula is C18H27N3O2. The van der Waals surface area contributed by atoms with Crippen LogP contribution in [0, 0.1) is 5.92 Å². The second-order valence-corrected chi connectivity index (χ2v) is 6.53. The predicted octanol–water partition coefficient (Wildman–Crippen LogP) is 1.85. The van der Waals surface area contributed by atoms with Crippen molar-refractivity contribution < 1.29 is 9.53 Å². The van der Waals surface area contributed by atoms with Crippen molar-refractivity contribution in [3.05, 3.63) is 29.8 Å². The lowest BCUT2D eigenvalue weighted by Crippen LogP contribution is -2.35. The van der Waals surface area contributed by atoms with E-state index in [2.05, 4.69) is 27.7 Å². The third kappa shape index (κ3) is 5.30. The normalized spacial score (nSPS) is 22.2. The Bertz CT molecular complexity index is 491. The van der Waals surface area contributed by atoms with Crippen molar-refractivity contribution in [1.82, 2.24) is 10.2 Å². The van der Waals surface area contributed by atoms with Crippen LogP contribution in [0.1, 0.15) is 24.8 Å². The van der Waals surface area contributed by atoms with Gasteiger partial charge in [0, 0.05) is 31.7 Å². The average molecular weight is 317 g/mol. The van der Waals surface area contributed by atoms with Crippen molar-refractivity contribution in [2.24, 2.45) is 5.92 Å². The van der Waals surface area contributed by atoms with Crippen molar-refractivity contribution in [2.75, 3.05) is 44.7 Å². The van der Waals surface area contributed by atoms with Gasteiger partial charge in [0.25, 0.3) is 0 Å². The fraction of sp³-hybridized carbons (Fsp3) is 0.611. The number of ether oxygens (including phenoxy) is 1. The Balaban J connectivity index is 1.42. The quantitative estimate of drug-likeness (QED) is 0.841. The Morgan fingerprint density at radius 3 is 2.74 bits per heavy atom. The second kappa shape index (κ2) is 8.43. The van der Waals surface area contributed by atoms with Gasteiger partial charge in [-0.15, -0.1) is 0 Å². The molecule has 1 aromatic rings. The van der Waals surface area contributed by atoms with Crippen LogP contribution in [0.2, 0.25) is 0 Å². The van der Waals surface area contributed by atoms with Crippen LogP contribution in [0.25, 0.3) is 0 Å². The minimum Gasteiger partial charge on any atom is -0.379 e. The number of anilines is 1. The van der Waals surface area contributed by atoms with Gasteiger partial charge in [-0.2, -0.15) is 0 Å². The third-order valence-corrected chi connectivity index (χ3v) is 4.69. The number of nitrogens with zero attached hydrogens (tertiary/aromatic N) is 1. The number of carbonyl (C=O) groups excluding carboxylic acids is 1. The maximum Gasteiger partial charge on any atom is 0.224 e. The molecule has 23 heavy (non-hydrogen) atoms. The summed E-state index contributed by atoms with van der Waals surface area (Å²) >= 11 is 0. The molecule has 0 aliphatic carbocycles. The van der Waals surface area contributed by atoms with Crippen LogP contribution in [0.5, 0.6) is 0 Å². The lowest BCUT2D eigenvalue weighted by molar-refractivity contribution is -0.116. The molecule has 0 spiro atoms. The van der Waals surface area contributed by atoms with Gasteiger partial charge in [-0.25, -0.2) is 0 Å². The van der Waals surface area contributed by atoms with Crippen LogP contribution >= 0.6 is 0 Å². The van der Waals surface area contributed by atoms with E-state index in [0.717, 1.165) is 58.0 Å². The number of hydrogen-bond donors (Lipinski definition) is 2. The van der Waals surface area contributed by atoms with Gasteiger partial charge in [-0.3, -0.25) is 9.69 Å². The van der Waals surface area contributed by atoms with Crippen molar-refractivity contribution >= 4 is 11.6 Å². The maximum atomic E-state index is 12.0. The number of morpholine rings is 1. The molecule has 0 aromatic heterocycles. The summed E-state index contributed by atoms with van der Waals surface area (Å²) in [5.41, 5.74) is 2.17. The van der Waals surface area contributed by atoms with Crippen LogP contribution < -0.4 is 10.6 Å². The molecule has 2 fully saturated rings. The standard InChI is InChI=1S/C18H27N3O2/c22-18(6-3-15-7-8-19-13-15)20-17-4-1-16(2-5-17)14-21-9-11-23-12-10-21/h1-2,4-5,15,19H,3,6-14H2,(H,20,22). The van der Waals surface area contributed by atoms with Gasteiger partial charge >= 0.3 is 0 Å². The highest BCUT2D eigenvalue weighted by Gasteiger charge is 2.15. The van der Waals surface area contributed by atoms with E-state index >= 15 is 0 Å². The number of nitrogens with one attached hydrogen (secondary N) is 2. The van der Waals surface area contributed by atoms with Crippen LogP contribution in [-0.4, -0.2) is 50.2 Å². The Morgan fingerprint density at radius 1 is 1.26 bits per heavy atom. The van der Waals surface area contributed by atoms with Gasteiger partial charge in [-0.1, -0.05) is 12.1 Å². The van der Waals surface area contributed by atoms with Crippen LogP contribution in [0.4, 0.5) is 5.69 Å². The SMILES string of the molecule is O=C(CCC1CCNC1)Nc1ccc(CN2CCOCC2)cc1. The number of amides is 1. The van der Waals surface area contributed by atoms with Crippen LogP contribution in [0.15, 0.2) is 24.3 Å². The molecule has 2 saturated heterocycles. The zero-order valence-electron chi connectivity index (χ0n) is 13.7. The van der Waals surface area contributed by atoms with Gasteiger partial charge in [-0.05, 0) is 49.5 Å². The first-order chi connectivity index (χ1) is 11.3. The van der Waals surface area contributed by atoms with Gasteiger partial charge in [0.05, 0.1) is 13.2 Å². The van der Waals surface area contributed by atoms with Crippen LogP contribution in [0.3, 0.4) is 0 Å². The largest absolute Gasteiger partial charge is 0.379 e. The molecule has 126 valence electrons. The highest BCUT2D eigenvalue weighted by Crippen LogP contribution is 2.16. The molecule has 2 aliphatic heterocycles. The van der Waals surface area contributed by atoms with E-state index in [1.165, 1.54) is 12.0 Å². The lowest BCUT2D eigenvalue weighted by atomic mass is 10.0. The summed E-state index contributed by atoms with van der Waals surface area (Å²) in [4.78, 5) is 14.4. The number of hydrogen-bond acceptors (Lipinski definition) is 4. The van der Waals surface area contributed by atoms with Gasteiger partial charge in [0.2, 0.25) is 5.91 Å². The molecule has 0 bridgehead atoms. The summed E-state index contributed by atoms with van der Waals surface area (Å²) in [6, 6.07) is 8.22. The predicted molar refractivity (Wildman–Crippen MR) is 91.4 cm³/mol. The van der Waals surface area contributed by atoms with E-state index in [0.29, 0.717) is 12.3 Å². The first kappa shape index (κ1) is 16.4. The molecule has 2 heterocycles. The Hall–Kier alpha value is -1.43. The molecule has 1 aromatic carbocycles. The fourth-order valence-corrected chi connectivity index (χ4v) is 3.23. The van der Waals surface area contributed by atoms with Gasteiger partial charge < -0.3 is 15.4 Å². The number of carbonyl (C=O) groups is 1. The van der Waals surface area contributed by atoms with E-state index < -0.39 is 0 Å². The number of benzene rings is 1. The zero-order valence-corrected chi connectivity index (χ0v) is 13.7. The monoisotopic (exact) mass is 317 g/mol. The molecule has 1 atom stereocenters. The summed E-state index contributed by atoms with van der Waals surface area (Å²) in [5.74, 6) is 0.787. The summed E-state index contributed by atoms with van der Waals surface area (Å²) in [6.45, 7) is 6.74. The molecule has 5 nitrogen and oxygen atoms in total. The van der Waals surface area contributed by atoms with E-state index in [-0.39, 0.29) is 5.91 Å². The zero-order chi connectivity index (χ0) is 15.9. The molecular weight excluding hydrogens is 290 g/mol. The average Bonchev–Trinajstić information content (AvgIpc) is 3.09. The Kier molecular flexibility index (Phi) is 6.02. The molecule has 2 N–H and O–H groups in total. The van der Waals surface area contributed by atoms with Gasteiger partial charge in [0.1, 0.15) is 0 Å². The van der Waals surface area contributed by atoms with Crippen molar-refractivity contribution in [2.45, 2.75) is 25.8 Å².